The van der Waals surface area contributed by atoms with Gasteiger partial charge >= 0.3 is 0 Å². The number of nitro groups is 1. The molecule has 2 N–H and O–H groups in total. The maximum atomic E-state index is 10.7. The van der Waals surface area contributed by atoms with Crippen LogP contribution in [0.15, 0.2) is 24.3 Å². The summed E-state index contributed by atoms with van der Waals surface area (Å²) >= 11 is 0. The van der Waals surface area contributed by atoms with E-state index in [0.29, 0.717) is 38.6 Å². The van der Waals surface area contributed by atoms with Crippen LogP contribution in [0.2, 0.25) is 0 Å². The fourth-order valence-corrected chi connectivity index (χ4v) is 3.39. The number of anilines is 1. The molecule has 3 rings (SSSR count). The molecule has 1 aromatic rings. The molecule has 132 valence electrons. The molecule has 0 aliphatic carbocycles. The van der Waals surface area contributed by atoms with Crippen molar-refractivity contribution in [1.29, 1.82) is 0 Å². The molecule has 0 bridgehead atoms. The summed E-state index contributed by atoms with van der Waals surface area (Å²) in [6.45, 7) is 3.72. The van der Waals surface area contributed by atoms with Crippen molar-refractivity contribution in [2.45, 2.75) is 37.3 Å². The third-order valence-corrected chi connectivity index (χ3v) is 5.06. The fourth-order valence-electron chi connectivity index (χ4n) is 3.39. The normalized spacial score (nSPS) is 21.6. The smallest absolute Gasteiger partial charge is 0.269 e. The lowest BCUT2D eigenvalue weighted by Crippen LogP contribution is -2.50. The molecule has 2 saturated heterocycles. The van der Waals surface area contributed by atoms with E-state index in [4.69, 9.17) is 4.74 Å². The zero-order chi connectivity index (χ0) is 17.0. The van der Waals surface area contributed by atoms with E-state index >= 15 is 0 Å². The zero-order valence-electron chi connectivity index (χ0n) is 13.8. The molecule has 2 aliphatic heterocycles. The summed E-state index contributed by atoms with van der Waals surface area (Å²) < 4.78 is 5.31. The third kappa shape index (κ3) is 4.23. The maximum absolute atomic E-state index is 10.7. The van der Waals surface area contributed by atoms with Crippen molar-refractivity contribution in [3.8, 4) is 0 Å². The second-order valence-corrected chi connectivity index (χ2v) is 6.75. The van der Waals surface area contributed by atoms with Crippen LogP contribution >= 0.6 is 0 Å². The molecule has 24 heavy (non-hydrogen) atoms. The predicted octanol–water partition coefficient (Wildman–Crippen LogP) is 1.69. The van der Waals surface area contributed by atoms with Crippen LogP contribution in [-0.2, 0) is 4.74 Å². The highest BCUT2D eigenvalue weighted by Crippen LogP contribution is 2.24. The Morgan fingerprint density at radius 3 is 2.46 bits per heavy atom. The molecular formula is C17H25N3O4. The summed E-state index contributed by atoms with van der Waals surface area (Å²) in [6, 6.07) is 7.15. The van der Waals surface area contributed by atoms with Crippen LogP contribution < -0.4 is 10.2 Å². The van der Waals surface area contributed by atoms with Gasteiger partial charge in [0.15, 0.2) is 0 Å². The number of rotatable bonds is 5. The summed E-state index contributed by atoms with van der Waals surface area (Å²) in [4.78, 5) is 12.6. The van der Waals surface area contributed by atoms with E-state index in [9.17, 15) is 15.2 Å². The predicted molar refractivity (Wildman–Crippen MR) is 91.3 cm³/mol. The Hall–Kier alpha value is -1.70. The molecular weight excluding hydrogens is 310 g/mol. The van der Waals surface area contributed by atoms with Gasteiger partial charge in [-0.05, 0) is 25.0 Å². The highest BCUT2D eigenvalue weighted by molar-refractivity contribution is 5.51. The van der Waals surface area contributed by atoms with Gasteiger partial charge in [0.2, 0.25) is 0 Å². The van der Waals surface area contributed by atoms with E-state index < -0.39 is 5.60 Å². The van der Waals surface area contributed by atoms with Crippen LogP contribution in [0.4, 0.5) is 11.4 Å². The van der Waals surface area contributed by atoms with Gasteiger partial charge in [-0.15, -0.1) is 0 Å². The van der Waals surface area contributed by atoms with Gasteiger partial charge in [-0.1, -0.05) is 0 Å². The van der Waals surface area contributed by atoms with Gasteiger partial charge in [0.25, 0.3) is 5.69 Å². The highest BCUT2D eigenvalue weighted by Gasteiger charge is 2.31. The number of nitrogens with one attached hydrogen (secondary N) is 1. The molecule has 1 aromatic carbocycles. The zero-order valence-corrected chi connectivity index (χ0v) is 13.8. The minimum Gasteiger partial charge on any atom is -0.388 e. The van der Waals surface area contributed by atoms with Crippen molar-refractivity contribution in [1.82, 2.24) is 5.32 Å². The number of non-ortho nitro benzene ring substituents is 1. The van der Waals surface area contributed by atoms with Crippen LogP contribution in [0.3, 0.4) is 0 Å². The summed E-state index contributed by atoms with van der Waals surface area (Å²) in [5, 5.41) is 24.7. The topological polar surface area (TPSA) is 87.9 Å². The van der Waals surface area contributed by atoms with E-state index in [2.05, 4.69) is 10.2 Å². The second kappa shape index (κ2) is 7.46. The summed E-state index contributed by atoms with van der Waals surface area (Å²) in [5.41, 5.74) is 0.524. The Morgan fingerprint density at radius 1 is 1.25 bits per heavy atom. The van der Waals surface area contributed by atoms with Crippen molar-refractivity contribution in [2.24, 2.45) is 0 Å². The lowest BCUT2D eigenvalue weighted by atomic mass is 9.93. The van der Waals surface area contributed by atoms with E-state index in [1.165, 1.54) is 0 Å². The van der Waals surface area contributed by atoms with Gasteiger partial charge in [0.05, 0.1) is 10.5 Å². The monoisotopic (exact) mass is 335 g/mol. The Morgan fingerprint density at radius 2 is 1.88 bits per heavy atom. The number of hydrogen-bond acceptors (Lipinski definition) is 6. The first-order valence-electron chi connectivity index (χ1n) is 8.59. The number of benzene rings is 1. The molecule has 0 aromatic heterocycles. The lowest BCUT2D eigenvalue weighted by molar-refractivity contribution is -0.384. The number of aliphatic hydroxyl groups is 1. The van der Waals surface area contributed by atoms with Crippen LogP contribution in [-0.4, -0.2) is 54.5 Å². The van der Waals surface area contributed by atoms with Gasteiger partial charge in [-0.3, -0.25) is 10.1 Å². The van der Waals surface area contributed by atoms with E-state index in [1.54, 1.807) is 12.1 Å². The Bertz CT molecular complexity index is 549. The number of ether oxygens (including phenoxy) is 1. The molecule has 7 nitrogen and oxygen atoms in total. The molecule has 0 saturated carbocycles. The largest absolute Gasteiger partial charge is 0.388 e. The average Bonchev–Trinajstić information content (AvgIpc) is 2.61. The van der Waals surface area contributed by atoms with Crippen molar-refractivity contribution in [3.05, 3.63) is 34.4 Å². The average molecular weight is 335 g/mol. The van der Waals surface area contributed by atoms with E-state index in [-0.39, 0.29) is 10.6 Å². The minimum atomic E-state index is -0.631. The van der Waals surface area contributed by atoms with Gasteiger partial charge in [0.1, 0.15) is 0 Å². The van der Waals surface area contributed by atoms with Gasteiger partial charge in [0, 0.05) is 69.6 Å². The first-order valence-corrected chi connectivity index (χ1v) is 8.59. The van der Waals surface area contributed by atoms with Gasteiger partial charge < -0.3 is 20.1 Å². The minimum absolute atomic E-state index is 0.125. The van der Waals surface area contributed by atoms with Crippen molar-refractivity contribution in [2.75, 3.05) is 37.7 Å². The maximum Gasteiger partial charge on any atom is 0.269 e. The van der Waals surface area contributed by atoms with Crippen molar-refractivity contribution < 1.29 is 14.8 Å². The standard InChI is InChI=1S/C17H25N3O4/c21-17(7-11-24-12-8-17)13-18-14-5-9-19(10-6-14)15-1-3-16(4-2-15)20(22)23/h1-4,14,18,21H,5-13H2. The second-order valence-electron chi connectivity index (χ2n) is 6.75. The number of piperidine rings is 1. The van der Waals surface area contributed by atoms with Crippen molar-refractivity contribution >= 4 is 11.4 Å². The molecule has 0 atom stereocenters. The van der Waals surface area contributed by atoms with Gasteiger partial charge in [-0.2, -0.15) is 0 Å². The molecule has 0 unspecified atom stereocenters. The number of nitrogens with zero attached hydrogens (tertiary/aromatic N) is 2. The van der Waals surface area contributed by atoms with Crippen molar-refractivity contribution in [3.63, 3.8) is 0 Å². The summed E-state index contributed by atoms with van der Waals surface area (Å²) in [6.07, 6.45) is 3.40. The van der Waals surface area contributed by atoms with Crippen LogP contribution in [0, 0.1) is 10.1 Å². The Labute approximate surface area is 141 Å². The number of hydrogen-bond donors (Lipinski definition) is 2. The number of nitro benzene ring substituents is 1. The lowest BCUT2D eigenvalue weighted by Gasteiger charge is -2.37. The Balaban J connectivity index is 1.46. The molecule has 2 heterocycles. The SMILES string of the molecule is O=[N+]([O-])c1ccc(N2CCC(NCC3(O)CCOCC3)CC2)cc1. The van der Waals surface area contributed by atoms with Gasteiger partial charge in [-0.25, -0.2) is 0 Å². The fraction of sp³-hybridized carbons (Fsp3) is 0.647. The van der Waals surface area contributed by atoms with Crippen LogP contribution in [0.1, 0.15) is 25.7 Å². The summed E-state index contributed by atoms with van der Waals surface area (Å²) in [5.74, 6) is 0. The molecule has 2 aliphatic rings. The molecule has 2 fully saturated rings. The summed E-state index contributed by atoms with van der Waals surface area (Å²) in [7, 11) is 0. The molecule has 0 amide bonds. The molecule has 7 heteroatoms. The van der Waals surface area contributed by atoms with E-state index in [1.807, 2.05) is 12.1 Å². The first-order chi connectivity index (χ1) is 11.6. The van der Waals surface area contributed by atoms with Crippen LogP contribution in [0.25, 0.3) is 0 Å². The Kier molecular flexibility index (Phi) is 5.33. The molecule has 0 radical (unpaired) electrons. The third-order valence-electron chi connectivity index (χ3n) is 5.06. The van der Waals surface area contributed by atoms with E-state index in [0.717, 1.165) is 31.6 Å². The molecule has 0 spiro atoms. The first kappa shape index (κ1) is 17.1. The highest BCUT2D eigenvalue weighted by atomic mass is 16.6. The van der Waals surface area contributed by atoms with Crippen LogP contribution in [0.5, 0.6) is 0 Å². The quantitative estimate of drug-likeness (QED) is 0.629.